The summed E-state index contributed by atoms with van der Waals surface area (Å²) in [6.07, 6.45) is 2.41. The van der Waals surface area contributed by atoms with Gasteiger partial charge in [-0.1, -0.05) is 19.1 Å². The largest absolute Gasteiger partial charge is 0.497 e. The molecule has 0 radical (unpaired) electrons. The van der Waals surface area contributed by atoms with E-state index in [9.17, 15) is 13.2 Å². The second-order valence-corrected chi connectivity index (χ2v) is 9.06. The molecule has 28 heavy (non-hydrogen) atoms. The van der Waals surface area contributed by atoms with Crippen LogP contribution in [-0.4, -0.2) is 55.9 Å². The van der Waals surface area contributed by atoms with Crippen LogP contribution in [-0.2, 0) is 9.84 Å². The normalized spacial score (nSPS) is 17.0. The van der Waals surface area contributed by atoms with Crippen LogP contribution in [0.5, 0.6) is 5.75 Å². The van der Waals surface area contributed by atoms with Gasteiger partial charge in [0.2, 0.25) is 0 Å². The highest BCUT2D eigenvalue weighted by atomic mass is 32.2. The number of ether oxygens (including phenoxy) is 1. The highest BCUT2D eigenvalue weighted by Crippen LogP contribution is 2.24. The second-order valence-electron chi connectivity index (χ2n) is 6.75. The third kappa shape index (κ3) is 4.81. The van der Waals surface area contributed by atoms with E-state index in [4.69, 9.17) is 4.74 Å². The van der Waals surface area contributed by atoms with Crippen molar-refractivity contribution in [3.05, 3.63) is 53.7 Å². The fraction of sp³-hybridized carbons (Fsp3) is 0.400. The highest BCUT2D eigenvalue weighted by molar-refractivity contribution is 7.91. The van der Waals surface area contributed by atoms with E-state index in [0.717, 1.165) is 17.7 Å². The second kappa shape index (κ2) is 8.60. The number of amides is 1. The first kappa shape index (κ1) is 20.1. The number of carbonyl (C=O) groups is 1. The van der Waals surface area contributed by atoms with E-state index in [-0.39, 0.29) is 36.5 Å². The number of pyridine rings is 1. The summed E-state index contributed by atoms with van der Waals surface area (Å²) in [4.78, 5) is 18.5. The number of anilines is 1. The number of sulfone groups is 1. The molecule has 1 saturated heterocycles. The Labute approximate surface area is 165 Å². The SMILES string of the molecule is CCC(Nc1ccc(C(=O)N2CCS(=O)(=O)CC2)cn1)c1ccc(OC)cc1. The summed E-state index contributed by atoms with van der Waals surface area (Å²) in [6, 6.07) is 11.5. The predicted molar refractivity (Wildman–Crippen MR) is 108 cm³/mol. The van der Waals surface area contributed by atoms with Crippen molar-refractivity contribution in [3.8, 4) is 5.75 Å². The molecule has 1 N–H and O–H groups in total. The number of hydrogen-bond acceptors (Lipinski definition) is 6. The number of rotatable bonds is 6. The van der Waals surface area contributed by atoms with E-state index >= 15 is 0 Å². The fourth-order valence-electron chi connectivity index (χ4n) is 3.14. The molecule has 0 aliphatic carbocycles. The molecule has 0 bridgehead atoms. The molecule has 150 valence electrons. The van der Waals surface area contributed by atoms with Gasteiger partial charge in [0.05, 0.1) is 30.2 Å². The summed E-state index contributed by atoms with van der Waals surface area (Å²) in [5.74, 6) is 1.35. The summed E-state index contributed by atoms with van der Waals surface area (Å²) in [5.41, 5.74) is 1.59. The maximum atomic E-state index is 12.5. The van der Waals surface area contributed by atoms with E-state index in [1.54, 1.807) is 24.1 Å². The Balaban J connectivity index is 1.65. The number of hydrogen-bond donors (Lipinski definition) is 1. The van der Waals surface area contributed by atoms with Crippen molar-refractivity contribution < 1.29 is 17.9 Å². The Kier molecular flexibility index (Phi) is 6.18. The van der Waals surface area contributed by atoms with Gasteiger partial charge in [-0.2, -0.15) is 0 Å². The number of nitrogens with one attached hydrogen (secondary N) is 1. The van der Waals surface area contributed by atoms with Crippen molar-refractivity contribution in [2.24, 2.45) is 0 Å². The van der Waals surface area contributed by atoms with Gasteiger partial charge in [-0.3, -0.25) is 4.79 Å². The zero-order valence-corrected chi connectivity index (χ0v) is 16.9. The van der Waals surface area contributed by atoms with E-state index in [2.05, 4.69) is 17.2 Å². The molecule has 2 aromatic rings. The minimum absolute atomic E-state index is 0.0197. The summed E-state index contributed by atoms with van der Waals surface area (Å²) in [5, 5.41) is 3.38. The van der Waals surface area contributed by atoms with Crippen molar-refractivity contribution in [2.75, 3.05) is 37.0 Å². The summed E-state index contributed by atoms with van der Waals surface area (Å²) in [7, 11) is -1.37. The van der Waals surface area contributed by atoms with E-state index in [1.165, 1.54) is 6.20 Å². The van der Waals surface area contributed by atoms with Crippen LogP contribution in [0.2, 0.25) is 0 Å². The molecule has 1 aliphatic heterocycles. The van der Waals surface area contributed by atoms with E-state index in [0.29, 0.717) is 11.4 Å². The summed E-state index contributed by atoms with van der Waals surface area (Å²) < 4.78 is 28.2. The number of carbonyl (C=O) groups excluding carboxylic acids is 1. The molecule has 1 fully saturated rings. The molecular formula is C20H25N3O4S. The Bertz CT molecular complexity index is 897. The highest BCUT2D eigenvalue weighted by Gasteiger charge is 2.25. The minimum atomic E-state index is -3.01. The standard InChI is InChI=1S/C20H25N3O4S/c1-3-18(15-4-7-17(27-2)8-5-15)22-19-9-6-16(14-21-19)20(24)23-10-12-28(25,26)13-11-23/h4-9,14,18H,3,10-13H2,1-2H3,(H,21,22). The lowest BCUT2D eigenvalue weighted by molar-refractivity contribution is 0.0770. The number of benzene rings is 1. The number of nitrogens with zero attached hydrogens (tertiary/aromatic N) is 2. The Morgan fingerprint density at radius 1 is 1.18 bits per heavy atom. The molecule has 1 aromatic carbocycles. The molecule has 1 unspecified atom stereocenters. The maximum absolute atomic E-state index is 12.5. The quantitative estimate of drug-likeness (QED) is 0.797. The lowest BCUT2D eigenvalue weighted by atomic mass is 10.0. The lowest BCUT2D eigenvalue weighted by Crippen LogP contribution is -2.43. The van der Waals surface area contributed by atoms with Crippen LogP contribution in [0.1, 0.15) is 35.3 Å². The van der Waals surface area contributed by atoms with E-state index in [1.807, 2.05) is 24.3 Å². The van der Waals surface area contributed by atoms with Crippen molar-refractivity contribution in [2.45, 2.75) is 19.4 Å². The van der Waals surface area contributed by atoms with Crippen molar-refractivity contribution in [1.29, 1.82) is 0 Å². The molecule has 3 rings (SSSR count). The zero-order chi connectivity index (χ0) is 20.1. The van der Waals surface area contributed by atoms with Crippen LogP contribution >= 0.6 is 0 Å². The molecule has 2 heterocycles. The smallest absolute Gasteiger partial charge is 0.255 e. The summed E-state index contributed by atoms with van der Waals surface area (Å²) in [6.45, 7) is 2.55. The lowest BCUT2D eigenvalue weighted by Gasteiger charge is -2.26. The zero-order valence-electron chi connectivity index (χ0n) is 16.1. The van der Waals surface area contributed by atoms with Crippen LogP contribution in [0.15, 0.2) is 42.6 Å². The van der Waals surface area contributed by atoms with Gasteiger partial charge in [-0.05, 0) is 36.2 Å². The van der Waals surface area contributed by atoms with Gasteiger partial charge < -0.3 is 15.0 Å². The Morgan fingerprint density at radius 3 is 2.39 bits per heavy atom. The molecule has 8 heteroatoms. The molecule has 1 atom stereocenters. The molecule has 0 saturated carbocycles. The topological polar surface area (TPSA) is 88.6 Å². The van der Waals surface area contributed by atoms with Crippen molar-refractivity contribution in [1.82, 2.24) is 9.88 Å². The van der Waals surface area contributed by atoms with Gasteiger partial charge in [-0.25, -0.2) is 13.4 Å². The molecular weight excluding hydrogens is 378 g/mol. The summed E-state index contributed by atoms with van der Waals surface area (Å²) >= 11 is 0. The van der Waals surface area contributed by atoms with Gasteiger partial charge in [0.1, 0.15) is 11.6 Å². The van der Waals surface area contributed by atoms with Crippen LogP contribution < -0.4 is 10.1 Å². The third-order valence-corrected chi connectivity index (χ3v) is 6.50. The molecule has 1 amide bonds. The predicted octanol–water partition coefficient (Wildman–Crippen LogP) is 2.52. The monoisotopic (exact) mass is 403 g/mol. The Hall–Kier alpha value is -2.61. The average Bonchev–Trinajstić information content (AvgIpc) is 2.72. The van der Waals surface area contributed by atoms with E-state index < -0.39 is 9.84 Å². The fourth-order valence-corrected chi connectivity index (χ4v) is 4.34. The van der Waals surface area contributed by atoms with Crippen LogP contribution in [0, 0.1) is 0 Å². The first-order chi connectivity index (χ1) is 13.4. The van der Waals surface area contributed by atoms with Gasteiger partial charge >= 0.3 is 0 Å². The molecule has 1 aromatic heterocycles. The van der Waals surface area contributed by atoms with Gasteiger partial charge in [-0.15, -0.1) is 0 Å². The van der Waals surface area contributed by atoms with Crippen molar-refractivity contribution >= 4 is 21.6 Å². The molecule has 1 aliphatic rings. The van der Waals surface area contributed by atoms with Gasteiger partial charge in [0, 0.05) is 19.3 Å². The van der Waals surface area contributed by atoms with Crippen LogP contribution in [0.25, 0.3) is 0 Å². The minimum Gasteiger partial charge on any atom is -0.497 e. The van der Waals surface area contributed by atoms with Gasteiger partial charge in [0.25, 0.3) is 5.91 Å². The van der Waals surface area contributed by atoms with Crippen LogP contribution in [0.4, 0.5) is 5.82 Å². The number of aromatic nitrogens is 1. The molecule has 0 spiro atoms. The maximum Gasteiger partial charge on any atom is 0.255 e. The average molecular weight is 404 g/mol. The Morgan fingerprint density at radius 2 is 1.86 bits per heavy atom. The van der Waals surface area contributed by atoms with Crippen molar-refractivity contribution in [3.63, 3.8) is 0 Å². The first-order valence-corrected chi connectivity index (χ1v) is 11.1. The van der Waals surface area contributed by atoms with Gasteiger partial charge in [0.15, 0.2) is 9.84 Å². The molecule has 7 nitrogen and oxygen atoms in total. The third-order valence-electron chi connectivity index (χ3n) is 4.89. The number of methoxy groups -OCH3 is 1. The first-order valence-electron chi connectivity index (χ1n) is 9.28. The van der Waals surface area contributed by atoms with Crippen LogP contribution in [0.3, 0.4) is 0 Å².